The van der Waals surface area contributed by atoms with E-state index in [1.807, 2.05) is 37.3 Å². The molecule has 0 heterocycles. The molecule has 0 aliphatic rings. The van der Waals surface area contributed by atoms with Gasteiger partial charge in [-0.1, -0.05) is 48.9 Å². The number of ether oxygens (including phenoxy) is 1. The predicted molar refractivity (Wildman–Crippen MR) is 107 cm³/mol. The molecule has 2 amide bonds. The zero-order valence-electron chi connectivity index (χ0n) is 15.7. The van der Waals surface area contributed by atoms with E-state index in [1.165, 1.54) is 4.90 Å². The molecule has 2 aromatic carbocycles. The van der Waals surface area contributed by atoms with Gasteiger partial charge in [0, 0.05) is 18.1 Å². The summed E-state index contributed by atoms with van der Waals surface area (Å²) < 4.78 is 5.57. The zero-order valence-corrected chi connectivity index (χ0v) is 16.4. The number of carbonyl (C=O) groups is 2. The largest absolute Gasteiger partial charge is 0.484 e. The SMILES string of the molecule is CCCNC(=O)[C@@H](C)N(Cc1cccc(Cl)c1)C(=O)COc1ccccc1. The third-order valence-electron chi connectivity index (χ3n) is 4.06. The van der Waals surface area contributed by atoms with Gasteiger partial charge in [0.1, 0.15) is 11.8 Å². The Labute approximate surface area is 165 Å². The van der Waals surface area contributed by atoms with Crippen molar-refractivity contribution < 1.29 is 14.3 Å². The summed E-state index contributed by atoms with van der Waals surface area (Å²) in [6, 6.07) is 15.8. The normalized spacial score (nSPS) is 11.5. The quantitative estimate of drug-likeness (QED) is 0.713. The number of nitrogens with one attached hydrogen (secondary N) is 1. The molecule has 0 bridgehead atoms. The maximum absolute atomic E-state index is 12.8. The summed E-state index contributed by atoms with van der Waals surface area (Å²) >= 11 is 6.05. The number of nitrogens with zero attached hydrogens (tertiary/aromatic N) is 1. The highest BCUT2D eigenvalue weighted by molar-refractivity contribution is 6.30. The van der Waals surface area contributed by atoms with Crippen molar-refractivity contribution in [2.45, 2.75) is 32.9 Å². The van der Waals surface area contributed by atoms with Gasteiger partial charge in [-0.2, -0.15) is 0 Å². The van der Waals surface area contributed by atoms with Gasteiger partial charge in [-0.3, -0.25) is 9.59 Å². The third kappa shape index (κ3) is 6.61. The van der Waals surface area contributed by atoms with Gasteiger partial charge >= 0.3 is 0 Å². The van der Waals surface area contributed by atoms with Gasteiger partial charge in [0.25, 0.3) is 5.91 Å². The smallest absolute Gasteiger partial charge is 0.261 e. The Morgan fingerprint density at radius 2 is 1.89 bits per heavy atom. The molecule has 0 radical (unpaired) electrons. The third-order valence-corrected chi connectivity index (χ3v) is 4.30. The monoisotopic (exact) mass is 388 g/mol. The zero-order chi connectivity index (χ0) is 19.6. The predicted octanol–water partition coefficient (Wildman–Crippen LogP) is 3.66. The molecule has 0 aromatic heterocycles. The van der Waals surface area contributed by atoms with Crippen LogP contribution in [0, 0.1) is 0 Å². The van der Waals surface area contributed by atoms with Crippen molar-refractivity contribution in [1.82, 2.24) is 10.2 Å². The number of hydrogen-bond donors (Lipinski definition) is 1. The Balaban J connectivity index is 2.11. The molecule has 0 saturated heterocycles. The lowest BCUT2D eigenvalue weighted by atomic mass is 10.1. The van der Waals surface area contributed by atoms with Crippen LogP contribution in [0.2, 0.25) is 5.02 Å². The molecule has 5 nitrogen and oxygen atoms in total. The lowest BCUT2D eigenvalue weighted by molar-refractivity contribution is -0.142. The van der Waals surface area contributed by atoms with E-state index < -0.39 is 6.04 Å². The minimum atomic E-state index is -0.623. The molecule has 144 valence electrons. The van der Waals surface area contributed by atoms with Crippen molar-refractivity contribution in [1.29, 1.82) is 0 Å². The van der Waals surface area contributed by atoms with Gasteiger partial charge < -0.3 is 15.0 Å². The van der Waals surface area contributed by atoms with E-state index in [-0.39, 0.29) is 25.0 Å². The first-order valence-corrected chi connectivity index (χ1v) is 9.38. The van der Waals surface area contributed by atoms with Crippen LogP contribution >= 0.6 is 11.6 Å². The first-order valence-electron chi connectivity index (χ1n) is 9.00. The maximum Gasteiger partial charge on any atom is 0.261 e. The second-order valence-electron chi connectivity index (χ2n) is 6.22. The first kappa shape index (κ1) is 20.8. The Hall–Kier alpha value is -2.53. The molecule has 0 aliphatic heterocycles. The van der Waals surface area contributed by atoms with E-state index in [0.717, 1.165) is 12.0 Å². The molecular weight excluding hydrogens is 364 g/mol. The van der Waals surface area contributed by atoms with Crippen LogP contribution in [0.3, 0.4) is 0 Å². The molecule has 0 unspecified atom stereocenters. The first-order chi connectivity index (χ1) is 13.0. The number of benzene rings is 2. The van der Waals surface area contributed by atoms with E-state index in [4.69, 9.17) is 16.3 Å². The Kier molecular flexibility index (Phi) is 8.14. The van der Waals surface area contributed by atoms with Crippen LogP contribution in [0.4, 0.5) is 0 Å². The molecule has 1 atom stereocenters. The van der Waals surface area contributed by atoms with Crippen LogP contribution in [0.1, 0.15) is 25.8 Å². The van der Waals surface area contributed by atoms with Crippen molar-refractivity contribution >= 4 is 23.4 Å². The summed E-state index contributed by atoms with van der Waals surface area (Å²) in [5, 5.41) is 3.43. The van der Waals surface area contributed by atoms with Crippen molar-refractivity contribution in [2.24, 2.45) is 0 Å². The lowest BCUT2D eigenvalue weighted by Gasteiger charge is -2.28. The maximum atomic E-state index is 12.8. The summed E-state index contributed by atoms with van der Waals surface area (Å²) in [5.74, 6) is 0.154. The summed E-state index contributed by atoms with van der Waals surface area (Å²) in [7, 11) is 0. The minimum absolute atomic E-state index is 0.143. The number of amides is 2. The van der Waals surface area contributed by atoms with E-state index in [2.05, 4.69) is 5.32 Å². The van der Waals surface area contributed by atoms with E-state index in [1.54, 1.807) is 31.2 Å². The van der Waals surface area contributed by atoms with Gasteiger partial charge in [-0.05, 0) is 43.2 Å². The van der Waals surface area contributed by atoms with Crippen LogP contribution < -0.4 is 10.1 Å². The molecule has 27 heavy (non-hydrogen) atoms. The van der Waals surface area contributed by atoms with Crippen molar-refractivity contribution in [2.75, 3.05) is 13.2 Å². The van der Waals surface area contributed by atoms with Crippen molar-refractivity contribution in [3.05, 3.63) is 65.2 Å². The highest BCUT2D eigenvalue weighted by Crippen LogP contribution is 2.15. The summed E-state index contributed by atoms with van der Waals surface area (Å²) in [4.78, 5) is 26.7. The van der Waals surface area contributed by atoms with Crippen LogP contribution in [0.5, 0.6) is 5.75 Å². The standard InChI is InChI=1S/C21H25ClN2O3/c1-3-12-23-21(26)16(2)24(14-17-8-7-9-18(22)13-17)20(25)15-27-19-10-5-4-6-11-19/h4-11,13,16H,3,12,14-15H2,1-2H3,(H,23,26)/t16-/m1/s1. The highest BCUT2D eigenvalue weighted by atomic mass is 35.5. The van der Waals surface area contributed by atoms with Crippen molar-refractivity contribution in [3.63, 3.8) is 0 Å². The van der Waals surface area contributed by atoms with E-state index >= 15 is 0 Å². The lowest BCUT2D eigenvalue weighted by Crippen LogP contribution is -2.49. The number of carbonyl (C=O) groups excluding carboxylic acids is 2. The summed E-state index contributed by atoms with van der Waals surface area (Å²) in [6.45, 7) is 4.40. The molecule has 0 fully saturated rings. The van der Waals surface area contributed by atoms with Gasteiger partial charge in [0.05, 0.1) is 0 Å². The van der Waals surface area contributed by atoms with Crippen LogP contribution in [-0.4, -0.2) is 35.9 Å². The molecule has 1 N–H and O–H groups in total. The molecular formula is C21H25ClN2O3. The topological polar surface area (TPSA) is 58.6 Å². The van der Waals surface area contributed by atoms with Gasteiger partial charge in [0.2, 0.25) is 5.91 Å². The summed E-state index contributed by atoms with van der Waals surface area (Å²) in [5.41, 5.74) is 0.853. The second kappa shape index (κ2) is 10.6. The van der Waals surface area contributed by atoms with Gasteiger partial charge in [-0.25, -0.2) is 0 Å². The fourth-order valence-corrected chi connectivity index (χ4v) is 2.77. The second-order valence-corrected chi connectivity index (χ2v) is 6.66. The average Bonchev–Trinajstić information content (AvgIpc) is 2.68. The van der Waals surface area contributed by atoms with Gasteiger partial charge in [-0.15, -0.1) is 0 Å². The Bertz CT molecular complexity index is 752. The van der Waals surface area contributed by atoms with Crippen LogP contribution in [-0.2, 0) is 16.1 Å². The summed E-state index contributed by atoms with van der Waals surface area (Å²) in [6.07, 6.45) is 0.831. The Morgan fingerprint density at radius 3 is 2.56 bits per heavy atom. The fourth-order valence-electron chi connectivity index (χ4n) is 2.56. The molecule has 6 heteroatoms. The number of para-hydroxylation sites is 1. The molecule has 0 saturated carbocycles. The molecule has 2 aromatic rings. The molecule has 2 rings (SSSR count). The van der Waals surface area contributed by atoms with E-state index in [9.17, 15) is 9.59 Å². The number of hydrogen-bond acceptors (Lipinski definition) is 3. The highest BCUT2D eigenvalue weighted by Gasteiger charge is 2.26. The minimum Gasteiger partial charge on any atom is -0.484 e. The molecule has 0 spiro atoms. The molecule has 0 aliphatic carbocycles. The number of rotatable bonds is 9. The number of halogens is 1. The average molecular weight is 389 g/mol. The van der Waals surface area contributed by atoms with E-state index in [0.29, 0.717) is 17.3 Å². The van der Waals surface area contributed by atoms with Gasteiger partial charge in [0.15, 0.2) is 6.61 Å². The van der Waals surface area contributed by atoms with Crippen LogP contribution in [0.15, 0.2) is 54.6 Å². The van der Waals surface area contributed by atoms with Crippen molar-refractivity contribution in [3.8, 4) is 5.75 Å². The fraction of sp³-hybridized carbons (Fsp3) is 0.333. The Morgan fingerprint density at radius 1 is 1.15 bits per heavy atom. The van der Waals surface area contributed by atoms with Crippen LogP contribution in [0.25, 0.3) is 0 Å².